The summed E-state index contributed by atoms with van der Waals surface area (Å²) < 4.78 is 43.4. The Labute approximate surface area is 119 Å². The molecule has 0 N–H and O–H groups in total. The minimum Gasteiger partial charge on any atom is -0.492 e. The van der Waals surface area contributed by atoms with Gasteiger partial charge in [0.05, 0.1) is 6.54 Å². The molecular weight excluding hydrogens is 323 g/mol. The van der Waals surface area contributed by atoms with Crippen molar-refractivity contribution in [1.29, 1.82) is 0 Å². The molecule has 19 heavy (non-hydrogen) atoms. The van der Waals surface area contributed by atoms with Crippen molar-refractivity contribution in [2.24, 2.45) is 0 Å². The second kappa shape index (κ2) is 7.75. The number of hydrogen-bond acceptors (Lipinski definition) is 2. The lowest BCUT2D eigenvalue weighted by Gasteiger charge is -2.22. The molecular formula is C13H17BrF3NO. The Bertz CT molecular complexity index is 384. The first kappa shape index (κ1) is 16.3. The van der Waals surface area contributed by atoms with E-state index in [-0.39, 0.29) is 13.2 Å². The lowest BCUT2D eigenvalue weighted by atomic mass is 10.3. The monoisotopic (exact) mass is 339 g/mol. The Morgan fingerprint density at radius 3 is 2.58 bits per heavy atom. The largest absolute Gasteiger partial charge is 0.492 e. The van der Waals surface area contributed by atoms with Crippen molar-refractivity contribution < 1.29 is 17.9 Å². The number of alkyl halides is 3. The van der Waals surface area contributed by atoms with Gasteiger partial charge in [0.2, 0.25) is 0 Å². The van der Waals surface area contributed by atoms with Gasteiger partial charge in [-0.3, -0.25) is 4.90 Å². The fourth-order valence-electron chi connectivity index (χ4n) is 1.69. The summed E-state index contributed by atoms with van der Waals surface area (Å²) in [6.45, 7) is 1.90. The quantitative estimate of drug-likeness (QED) is 0.741. The van der Waals surface area contributed by atoms with Crippen LogP contribution < -0.4 is 4.74 Å². The van der Waals surface area contributed by atoms with Crippen LogP contribution in [0.1, 0.15) is 13.3 Å². The molecule has 108 valence electrons. The van der Waals surface area contributed by atoms with Crippen LogP contribution in [-0.4, -0.2) is 37.3 Å². The van der Waals surface area contributed by atoms with Crippen molar-refractivity contribution in [3.05, 3.63) is 28.7 Å². The molecule has 0 spiro atoms. The maximum absolute atomic E-state index is 12.3. The Morgan fingerprint density at radius 2 is 2.00 bits per heavy atom. The molecule has 0 amide bonds. The Balaban J connectivity index is 2.39. The Hall–Kier alpha value is -0.750. The van der Waals surface area contributed by atoms with E-state index < -0.39 is 12.7 Å². The third-order valence-corrected chi connectivity index (χ3v) is 2.91. The lowest BCUT2D eigenvalue weighted by molar-refractivity contribution is -0.146. The number of rotatable bonds is 7. The van der Waals surface area contributed by atoms with Crippen molar-refractivity contribution in [2.45, 2.75) is 19.5 Å². The lowest BCUT2D eigenvalue weighted by Crippen LogP contribution is -2.37. The summed E-state index contributed by atoms with van der Waals surface area (Å²) in [4.78, 5) is 1.36. The summed E-state index contributed by atoms with van der Waals surface area (Å²) in [5.74, 6) is 0.651. The number of nitrogens with zero attached hydrogens (tertiary/aromatic N) is 1. The number of ether oxygens (including phenoxy) is 1. The minimum atomic E-state index is -4.16. The van der Waals surface area contributed by atoms with Crippen LogP contribution in [0.25, 0.3) is 0 Å². The van der Waals surface area contributed by atoms with Gasteiger partial charge in [0.1, 0.15) is 12.4 Å². The van der Waals surface area contributed by atoms with Gasteiger partial charge in [0, 0.05) is 11.0 Å². The van der Waals surface area contributed by atoms with Gasteiger partial charge in [-0.2, -0.15) is 13.2 Å². The fraction of sp³-hybridized carbons (Fsp3) is 0.538. The SMILES string of the molecule is CCCN(CCOc1cccc(Br)c1)CC(F)(F)F. The van der Waals surface area contributed by atoms with E-state index in [1.54, 1.807) is 12.1 Å². The molecule has 0 unspecified atom stereocenters. The first-order valence-corrected chi connectivity index (χ1v) is 6.87. The molecule has 0 bridgehead atoms. The van der Waals surface area contributed by atoms with E-state index in [4.69, 9.17) is 4.74 Å². The average Bonchev–Trinajstić information content (AvgIpc) is 2.27. The topological polar surface area (TPSA) is 12.5 Å². The highest BCUT2D eigenvalue weighted by molar-refractivity contribution is 9.10. The highest BCUT2D eigenvalue weighted by atomic mass is 79.9. The van der Waals surface area contributed by atoms with E-state index >= 15 is 0 Å². The van der Waals surface area contributed by atoms with Gasteiger partial charge in [0.15, 0.2) is 0 Å². The van der Waals surface area contributed by atoms with E-state index in [1.807, 2.05) is 19.1 Å². The van der Waals surface area contributed by atoms with Crippen molar-refractivity contribution in [3.63, 3.8) is 0 Å². The minimum absolute atomic E-state index is 0.243. The van der Waals surface area contributed by atoms with Crippen molar-refractivity contribution in [3.8, 4) is 5.75 Å². The van der Waals surface area contributed by atoms with Gasteiger partial charge in [-0.05, 0) is 31.2 Å². The van der Waals surface area contributed by atoms with Crippen LogP contribution in [0.2, 0.25) is 0 Å². The Kier molecular flexibility index (Phi) is 6.65. The van der Waals surface area contributed by atoms with Gasteiger partial charge in [0.25, 0.3) is 0 Å². The normalized spacial score (nSPS) is 11.9. The summed E-state index contributed by atoms with van der Waals surface area (Å²) >= 11 is 3.31. The molecule has 0 heterocycles. The van der Waals surface area contributed by atoms with E-state index in [0.29, 0.717) is 18.7 Å². The molecule has 1 aromatic carbocycles. The van der Waals surface area contributed by atoms with Crippen LogP contribution in [0.5, 0.6) is 5.75 Å². The van der Waals surface area contributed by atoms with Crippen LogP contribution in [-0.2, 0) is 0 Å². The average molecular weight is 340 g/mol. The molecule has 0 aliphatic carbocycles. The van der Waals surface area contributed by atoms with Gasteiger partial charge in [-0.25, -0.2) is 0 Å². The molecule has 0 aromatic heterocycles. The highest BCUT2D eigenvalue weighted by Gasteiger charge is 2.30. The van der Waals surface area contributed by atoms with Crippen molar-refractivity contribution in [2.75, 3.05) is 26.2 Å². The predicted molar refractivity (Wildman–Crippen MR) is 72.4 cm³/mol. The van der Waals surface area contributed by atoms with Gasteiger partial charge in [-0.15, -0.1) is 0 Å². The molecule has 0 aliphatic heterocycles. The van der Waals surface area contributed by atoms with Gasteiger partial charge >= 0.3 is 6.18 Å². The zero-order valence-corrected chi connectivity index (χ0v) is 12.3. The first-order valence-electron chi connectivity index (χ1n) is 6.08. The smallest absolute Gasteiger partial charge is 0.401 e. The summed E-state index contributed by atoms with van der Waals surface area (Å²) in [6.07, 6.45) is -3.47. The summed E-state index contributed by atoms with van der Waals surface area (Å²) in [5, 5.41) is 0. The van der Waals surface area contributed by atoms with Crippen LogP contribution in [0.3, 0.4) is 0 Å². The fourth-order valence-corrected chi connectivity index (χ4v) is 2.07. The summed E-state index contributed by atoms with van der Waals surface area (Å²) in [6, 6.07) is 7.24. The van der Waals surface area contributed by atoms with Crippen LogP contribution in [0, 0.1) is 0 Å². The van der Waals surface area contributed by atoms with E-state index in [1.165, 1.54) is 4.90 Å². The first-order chi connectivity index (χ1) is 8.90. The molecule has 0 aliphatic rings. The number of halogens is 4. The predicted octanol–water partition coefficient (Wildman–Crippen LogP) is 4.10. The molecule has 0 saturated carbocycles. The third-order valence-electron chi connectivity index (χ3n) is 2.42. The zero-order chi connectivity index (χ0) is 14.3. The van der Waals surface area contributed by atoms with Crippen LogP contribution >= 0.6 is 15.9 Å². The van der Waals surface area contributed by atoms with Crippen molar-refractivity contribution in [1.82, 2.24) is 4.90 Å². The van der Waals surface area contributed by atoms with E-state index in [2.05, 4.69) is 15.9 Å². The molecule has 0 fully saturated rings. The molecule has 6 heteroatoms. The zero-order valence-electron chi connectivity index (χ0n) is 10.7. The second-order valence-corrected chi connectivity index (χ2v) is 5.11. The Morgan fingerprint density at radius 1 is 1.26 bits per heavy atom. The maximum Gasteiger partial charge on any atom is 0.401 e. The van der Waals surface area contributed by atoms with Crippen LogP contribution in [0.4, 0.5) is 13.2 Å². The molecule has 0 saturated heterocycles. The van der Waals surface area contributed by atoms with Gasteiger partial charge in [-0.1, -0.05) is 28.9 Å². The summed E-state index contributed by atoms with van der Waals surface area (Å²) in [7, 11) is 0. The molecule has 0 atom stereocenters. The molecule has 0 radical (unpaired) electrons. The van der Waals surface area contributed by atoms with Crippen LogP contribution in [0.15, 0.2) is 28.7 Å². The maximum atomic E-state index is 12.3. The molecule has 1 rings (SSSR count). The van der Waals surface area contributed by atoms with Gasteiger partial charge < -0.3 is 4.74 Å². The van der Waals surface area contributed by atoms with E-state index in [0.717, 1.165) is 4.47 Å². The third kappa shape index (κ3) is 7.42. The summed E-state index contributed by atoms with van der Waals surface area (Å²) in [5.41, 5.74) is 0. The van der Waals surface area contributed by atoms with Crippen molar-refractivity contribution >= 4 is 15.9 Å². The second-order valence-electron chi connectivity index (χ2n) is 4.20. The molecule has 2 nitrogen and oxygen atoms in total. The number of benzene rings is 1. The number of hydrogen-bond donors (Lipinski definition) is 0. The highest BCUT2D eigenvalue weighted by Crippen LogP contribution is 2.18. The standard InChI is InChI=1S/C13H17BrF3NO/c1-2-6-18(10-13(15,16)17)7-8-19-12-5-3-4-11(14)9-12/h3-5,9H,2,6-8,10H2,1H3. The van der Waals surface area contributed by atoms with E-state index in [9.17, 15) is 13.2 Å². The molecule has 1 aromatic rings.